The lowest BCUT2D eigenvalue weighted by Crippen LogP contribution is -2.55. The summed E-state index contributed by atoms with van der Waals surface area (Å²) in [6.07, 6.45) is -7.89. The van der Waals surface area contributed by atoms with Crippen molar-refractivity contribution in [3.05, 3.63) is 71.1 Å². The van der Waals surface area contributed by atoms with E-state index in [-0.39, 0.29) is 17.1 Å². The molecule has 1 aliphatic heterocycles. The molecule has 5 rings (SSSR count). The number of alkyl halides is 5. The lowest BCUT2D eigenvalue weighted by atomic mass is 10.0. The molecule has 0 bridgehead atoms. The summed E-state index contributed by atoms with van der Waals surface area (Å²) in [5, 5.41) is 2.27. The van der Waals surface area contributed by atoms with Gasteiger partial charge in [0.05, 0.1) is 28.8 Å². The van der Waals surface area contributed by atoms with Gasteiger partial charge in [-0.15, -0.1) is 11.3 Å². The van der Waals surface area contributed by atoms with Gasteiger partial charge in [0.25, 0.3) is 11.8 Å². The van der Waals surface area contributed by atoms with Crippen LogP contribution in [-0.4, -0.2) is 58.0 Å². The average Bonchev–Trinajstić information content (AvgIpc) is 3.44. The van der Waals surface area contributed by atoms with Gasteiger partial charge in [0, 0.05) is 35.4 Å². The fraction of sp³-hybridized carbons (Fsp3) is 0.231. The smallest absolute Gasteiger partial charge is 0.466 e. The number of esters is 1. The van der Waals surface area contributed by atoms with Gasteiger partial charge in [-0.2, -0.15) is 13.2 Å². The third-order valence-corrected chi connectivity index (χ3v) is 6.66. The lowest BCUT2D eigenvalue weighted by molar-refractivity contribution is -0.189. The van der Waals surface area contributed by atoms with Crippen molar-refractivity contribution < 1.29 is 41.0 Å². The Morgan fingerprint density at radius 2 is 1.85 bits per heavy atom. The van der Waals surface area contributed by atoms with Crippen LogP contribution in [0.4, 0.5) is 22.0 Å². The van der Waals surface area contributed by atoms with Crippen LogP contribution < -0.4 is 9.47 Å². The summed E-state index contributed by atoms with van der Waals surface area (Å²) < 4.78 is 79.0. The first-order valence-corrected chi connectivity index (χ1v) is 12.5. The number of para-hydroxylation sites is 2. The number of nitrogens with zero attached hydrogens (tertiary/aromatic N) is 3. The van der Waals surface area contributed by atoms with E-state index in [1.165, 1.54) is 29.1 Å². The number of fused-ring (bicyclic) bond motifs is 1. The lowest BCUT2D eigenvalue weighted by Gasteiger charge is -2.38. The van der Waals surface area contributed by atoms with E-state index in [1.807, 2.05) is 0 Å². The van der Waals surface area contributed by atoms with Crippen LogP contribution in [0, 0.1) is 0 Å². The summed E-state index contributed by atoms with van der Waals surface area (Å²) in [6, 6.07) is 14.0. The number of rotatable bonds is 5. The van der Waals surface area contributed by atoms with Gasteiger partial charge in [0.2, 0.25) is 5.88 Å². The monoisotopic (exact) mass is 563 g/mol. The van der Waals surface area contributed by atoms with Crippen molar-refractivity contribution in [3.8, 4) is 22.9 Å². The molecule has 13 heteroatoms. The molecule has 1 amide bonds. The Bertz CT molecular complexity index is 1530. The minimum Gasteiger partial charge on any atom is -0.466 e. The molecule has 1 aliphatic rings. The molecule has 2 aromatic heterocycles. The van der Waals surface area contributed by atoms with E-state index in [0.29, 0.717) is 5.52 Å². The van der Waals surface area contributed by atoms with Crippen LogP contribution in [0.2, 0.25) is 0 Å². The Morgan fingerprint density at radius 1 is 1.05 bits per heavy atom. The average molecular weight is 564 g/mol. The molecule has 2 aromatic carbocycles. The van der Waals surface area contributed by atoms with Crippen molar-refractivity contribution in [2.24, 2.45) is 0 Å². The number of likely N-dealkylation sites (tertiary alicyclic amines) is 1. The highest BCUT2D eigenvalue weighted by Crippen LogP contribution is 2.37. The molecule has 202 valence electrons. The molecule has 0 saturated carbocycles. The van der Waals surface area contributed by atoms with Gasteiger partial charge >= 0.3 is 12.1 Å². The van der Waals surface area contributed by atoms with Crippen molar-refractivity contribution >= 4 is 34.1 Å². The molecular formula is C26H18F5N3O4S. The Kier molecular flexibility index (Phi) is 6.93. The molecule has 0 aliphatic carbocycles. The second-order valence-electron chi connectivity index (χ2n) is 8.65. The van der Waals surface area contributed by atoms with Crippen molar-refractivity contribution in [2.75, 3.05) is 13.1 Å². The maximum Gasteiger partial charge on any atom is 0.491 e. The van der Waals surface area contributed by atoms with Crippen molar-refractivity contribution in [1.29, 1.82) is 0 Å². The summed E-state index contributed by atoms with van der Waals surface area (Å²) in [5.74, 6) is -7.50. The van der Waals surface area contributed by atoms with Gasteiger partial charge in [-0.1, -0.05) is 24.3 Å². The van der Waals surface area contributed by atoms with E-state index in [4.69, 9.17) is 4.74 Å². The summed E-state index contributed by atoms with van der Waals surface area (Å²) in [7, 11) is 0. The second kappa shape index (κ2) is 10.2. The number of carbonyl (C=O) groups excluding carboxylic acids is 2. The number of hydrogen-bond donors (Lipinski definition) is 0. The van der Waals surface area contributed by atoms with Crippen LogP contribution in [0.15, 0.2) is 65.5 Å². The summed E-state index contributed by atoms with van der Waals surface area (Å²) in [5.41, 5.74) is 1.67. The summed E-state index contributed by atoms with van der Waals surface area (Å²) in [6.45, 7) is -1.00. The number of aromatic nitrogens is 2. The van der Waals surface area contributed by atoms with E-state index >= 15 is 0 Å². The van der Waals surface area contributed by atoms with Gasteiger partial charge in [0.15, 0.2) is 11.9 Å². The fourth-order valence-corrected chi connectivity index (χ4v) is 4.67. The van der Waals surface area contributed by atoms with Crippen molar-refractivity contribution in [1.82, 2.24) is 14.9 Å². The fourth-order valence-electron chi connectivity index (χ4n) is 4.12. The standard InChI is InChI=1S/C26H18F5N3O4S/c27-25(28)10-11-34(12-20(25)37-21-9-8-15-4-1-2-7-18(15)33-21)23(35)17-6-3-5-16(19-13-39-14-32-19)22(17)38-24(36)26(29,30)31/h1-9,13-14,20H,10-12H2/t20-/m0/s1. The highest BCUT2D eigenvalue weighted by atomic mass is 32.1. The molecule has 39 heavy (non-hydrogen) atoms. The number of piperidine rings is 1. The van der Waals surface area contributed by atoms with E-state index in [9.17, 15) is 31.5 Å². The highest BCUT2D eigenvalue weighted by Gasteiger charge is 2.48. The number of ether oxygens (including phenoxy) is 2. The second-order valence-corrected chi connectivity index (χ2v) is 9.37. The molecule has 1 fully saturated rings. The molecule has 0 radical (unpaired) electrons. The van der Waals surface area contributed by atoms with Gasteiger partial charge in [-0.3, -0.25) is 4.79 Å². The van der Waals surface area contributed by atoms with E-state index in [1.54, 1.807) is 30.3 Å². The molecule has 0 spiro atoms. The Morgan fingerprint density at radius 3 is 2.59 bits per heavy atom. The SMILES string of the molecule is O=C(c1cccc(-c2cscn2)c1OC(=O)C(F)(F)F)N1CCC(F)(F)[C@@H](Oc2ccc3ccccc3n2)C1. The van der Waals surface area contributed by atoms with Gasteiger partial charge in [-0.05, 0) is 24.3 Å². The number of thiazole rings is 1. The molecule has 1 saturated heterocycles. The van der Waals surface area contributed by atoms with Crippen LogP contribution in [0.5, 0.6) is 11.6 Å². The van der Waals surface area contributed by atoms with Crippen LogP contribution in [0.25, 0.3) is 22.2 Å². The number of pyridine rings is 1. The van der Waals surface area contributed by atoms with Crippen molar-refractivity contribution in [2.45, 2.75) is 24.6 Å². The molecule has 4 aromatic rings. The van der Waals surface area contributed by atoms with Gasteiger partial charge in [0.1, 0.15) is 0 Å². The largest absolute Gasteiger partial charge is 0.491 e. The topological polar surface area (TPSA) is 81.6 Å². The zero-order valence-electron chi connectivity index (χ0n) is 19.8. The molecule has 3 heterocycles. The number of amides is 1. The normalized spacial score (nSPS) is 17.2. The van der Waals surface area contributed by atoms with Crippen LogP contribution >= 0.6 is 11.3 Å². The van der Waals surface area contributed by atoms with E-state index in [2.05, 4.69) is 14.7 Å². The Hall–Kier alpha value is -4.13. The molecular weight excluding hydrogens is 545 g/mol. The minimum atomic E-state index is -5.34. The molecule has 7 nitrogen and oxygen atoms in total. The van der Waals surface area contributed by atoms with Crippen LogP contribution in [0.1, 0.15) is 16.8 Å². The van der Waals surface area contributed by atoms with Gasteiger partial charge < -0.3 is 14.4 Å². The molecule has 1 atom stereocenters. The zero-order chi connectivity index (χ0) is 27.8. The maximum absolute atomic E-state index is 14.8. The molecule has 0 N–H and O–H groups in total. The Labute approximate surface area is 221 Å². The van der Waals surface area contributed by atoms with Gasteiger partial charge in [-0.25, -0.2) is 23.5 Å². The highest BCUT2D eigenvalue weighted by molar-refractivity contribution is 7.07. The maximum atomic E-state index is 14.8. The number of halogens is 5. The van der Waals surface area contributed by atoms with Crippen LogP contribution in [0.3, 0.4) is 0 Å². The summed E-state index contributed by atoms with van der Waals surface area (Å²) >= 11 is 1.14. The third-order valence-electron chi connectivity index (χ3n) is 6.08. The number of hydrogen-bond acceptors (Lipinski definition) is 7. The Balaban J connectivity index is 1.45. The van der Waals surface area contributed by atoms with E-state index in [0.717, 1.165) is 27.7 Å². The van der Waals surface area contributed by atoms with Crippen molar-refractivity contribution in [3.63, 3.8) is 0 Å². The van der Waals surface area contributed by atoms with Crippen LogP contribution in [-0.2, 0) is 4.79 Å². The predicted molar refractivity (Wildman–Crippen MR) is 131 cm³/mol. The minimum absolute atomic E-state index is 0.0322. The number of benzene rings is 2. The first kappa shape index (κ1) is 26.5. The predicted octanol–water partition coefficient (Wildman–Crippen LogP) is 5.75. The quantitative estimate of drug-likeness (QED) is 0.175. The third kappa shape index (κ3) is 5.53. The number of carbonyl (C=O) groups is 2. The van der Waals surface area contributed by atoms with E-state index < -0.39 is 60.9 Å². The first-order valence-electron chi connectivity index (χ1n) is 11.5. The first-order chi connectivity index (χ1) is 18.5. The zero-order valence-corrected chi connectivity index (χ0v) is 20.6. The molecule has 0 unspecified atom stereocenters. The summed E-state index contributed by atoms with van der Waals surface area (Å²) in [4.78, 5) is 34.5.